The summed E-state index contributed by atoms with van der Waals surface area (Å²) < 4.78 is 18.7. The number of hydrogen-bond donors (Lipinski definition) is 1. The number of nitrogens with zero attached hydrogens (tertiary/aromatic N) is 1. The number of para-hydroxylation sites is 1. The third-order valence-corrected chi connectivity index (χ3v) is 4.01. The van der Waals surface area contributed by atoms with Gasteiger partial charge in [0, 0.05) is 12.6 Å². The van der Waals surface area contributed by atoms with E-state index in [2.05, 4.69) is 5.32 Å². The minimum atomic E-state index is -0.523. The van der Waals surface area contributed by atoms with E-state index in [-0.39, 0.29) is 28.8 Å². The first-order valence-corrected chi connectivity index (χ1v) is 8.10. The molecule has 7 heteroatoms. The largest absolute Gasteiger partial charge is 0.456 e. The number of rotatable bonds is 6. The topological polar surface area (TPSA) is 64.4 Å². The zero-order chi connectivity index (χ0) is 18.5. The van der Waals surface area contributed by atoms with Crippen molar-refractivity contribution >= 4 is 23.0 Å². The van der Waals surface area contributed by atoms with Crippen molar-refractivity contribution in [3.8, 4) is 11.5 Å². The SMILES string of the molecule is O=[N+]([O-])c1ccc(Oc2ccccc2)c(Cl)c1NCc1ccc(F)cc1. The minimum absolute atomic E-state index is 0.102. The lowest BCUT2D eigenvalue weighted by molar-refractivity contribution is -0.384. The molecule has 0 saturated carbocycles. The standard InChI is InChI=1S/C19H14ClFN2O3/c20-18-17(26-15-4-2-1-3-5-15)11-10-16(23(24)25)19(18)22-12-13-6-8-14(21)9-7-13/h1-11,22H,12H2. The molecule has 0 radical (unpaired) electrons. The Balaban J connectivity index is 1.89. The van der Waals surface area contributed by atoms with E-state index in [1.165, 1.54) is 24.3 Å². The number of nitrogens with one attached hydrogen (secondary N) is 1. The Bertz CT molecular complexity index is 918. The highest BCUT2D eigenvalue weighted by Crippen LogP contribution is 2.41. The summed E-state index contributed by atoms with van der Waals surface area (Å²) in [5.41, 5.74) is 0.734. The van der Waals surface area contributed by atoms with Gasteiger partial charge in [-0.2, -0.15) is 0 Å². The molecule has 0 heterocycles. The van der Waals surface area contributed by atoms with Gasteiger partial charge in [0.1, 0.15) is 28.0 Å². The van der Waals surface area contributed by atoms with Crippen molar-refractivity contribution in [3.63, 3.8) is 0 Å². The molecule has 0 saturated heterocycles. The molecule has 0 aliphatic carbocycles. The molecule has 0 atom stereocenters. The number of nitro groups is 1. The zero-order valence-electron chi connectivity index (χ0n) is 13.5. The molecule has 0 fully saturated rings. The van der Waals surface area contributed by atoms with Crippen molar-refractivity contribution in [2.45, 2.75) is 6.54 Å². The second-order valence-corrected chi connectivity index (χ2v) is 5.80. The number of halogens is 2. The zero-order valence-corrected chi connectivity index (χ0v) is 14.2. The fourth-order valence-corrected chi connectivity index (χ4v) is 2.62. The Kier molecular flexibility index (Phi) is 5.34. The van der Waals surface area contributed by atoms with Gasteiger partial charge in [0.25, 0.3) is 5.69 Å². The number of anilines is 1. The third kappa shape index (κ3) is 4.10. The summed E-state index contributed by atoms with van der Waals surface area (Å²) in [6.45, 7) is 0.246. The van der Waals surface area contributed by atoms with Gasteiger partial charge in [0.05, 0.1) is 4.92 Å². The first-order valence-electron chi connectivity index (χ1n) is 7.72. The van der Waals surface area contributed by atoms with Crippen LogP contribution >= 0.6 is 11.6 Å². The van der Waals surface area contributed by atoms with Crippen molar-refractivity contribution < 1.29 is 14.1 Å². The quantitative estimate of drug-likeness (QED) is 0.439. The van der Waals surface area contributed by atoms with Crippen molar-refractivity contribution in [1.82, 2.24) is 0 Å². The van der Waals surface area contributed by atoms with Crippen LogP contribution in [0.1, 0.15) is 5.56 Å². The lowest BCUT2D eigenvalue weighted by atomic mass is 10.2. The average Bonchev–Trinajstić information content (AvgIpc) is 2.64. The van der Waals surface area contributed by atoms with Crippen LogP contribution in [0.2, 0.25) is 5.02 Å². The number of benzene rings is 3. The smallest absolute Gasteiger partial charge is 0.294 e. The van der Waals surface area contributed by atoms with E-state index in [0.717, 1.165) is 5.56 Å². The molecular formula is C19H14ClFN2O3. The van der Waals surface area contributed by atoms with Crippen molar-refractivity contribution in [2.75, 3.05) is 5.32 Å². The maximum Gasteiger partial charge on any atom is 0.294 e. The molecule has 5 nitrogen and oxygen atoms in total. The van der Waals surface area contributed by atoms with Crippen LogP contribution in [0.15, 0.2) is 66.7 Å². The molecule has 3 rings (SSSR count). The van der Waals surface area contributed by atoms with Crippen LogP contribution in [0.25, 0.3) is 0 Å². The van der Waals surface area contributed by atoms with E-state index < -0.39 is 4.92 Å². The summed E-state index contributed by atoms with van der Waals surface area (Å²) in [4.78, 5) is 10.8. The Labute approximate surface area is 154 Å². The van der Waals surface area contributed by atoms with Gasteiger partial charge in [0.2, 0.25) is 0 Å². The first-order chi connectivity index (χ1) is 12.5. The van der Waals surface area contributed by atoms with Crippen LogP contribution in [0.5, 0.6) is 11.5 Å². The van der Waals surface area contributed by atoms with Gasteiger partial charge in [-0.25, -0.2) is 4.39 Å². The first kappa shape index (κ1) is 17.7. The molecule has 0 unspecified atom stereocenters. The predicted octanol–water partition coefficient (Wildman–Crippen LogP) is 5.79. The lowest BCUT2D eigenvalue weighted by Crippen LogP contribution is -2.04. The highest BCUT2D eigenvalue weighted by molar-refractivity contribution is 6.35. The van der Waals surface area contributed by atoms with Gasteiger partial charge in [-0.05, 0) is 35.9 Å². The van der Waals surface area contributed by atoms with Gasteiger partial charge in [0.15, 0.2) is 0 Å². The van der Waals surface area contributed by atoms with Crippen LogP contribution in [0.3, 0.4) is 0 Å². The molecule has 3 aromatic rings. The second kappa shape index (κ2) is 7.84. The van der Waals surface area contributed by atoms with Crippen molar-refractivity contribution in [1.29, 1.82) is 0 Å². The van der Waals surface area contributed by atoms with E-state index in [4.69, 9.17) is 16.3 Å². The molecule has 0 aromatic heterocycles. The van der Waals surface area contributed by atoms with Crippen LogP contribution in [-0.2, 0) is 6.54 Å². The highest BCUT2D eigenvalue weighted by Gasteiger charge is 2.21. The van der Waals surface area contributed by atoms with Crippen LogP contribution in [-0.4, -0.2) is 4.92 Å². The Hall–Kier alpha value is -3.12. The molecule has 132 valence electrons. The summed E-state index contributed by atoms with van der Waals surface area (Å²) in [5, 5.41) is 14.4. The summed E-state index contributed by atoms with van der Waals surface area (Å²) in [5.74, 6) is 0.508. The Morgan fingerprint density at radius 3 is 2.38 bits per heavy atom. The third-order valence-electron chi connectivity index (χ3n) is 3.63. The molecule has 0 bridgehead atoms. The molecule has 3 aromatic carbocycles. The summed E-state index contributed by atoms with van der Waals surface area (Å²) in [6.07, 6.45) is 0. The van der Waals surface area contributed by atoms with Crippen LogP contribution in [0.4, 0.5) is 15.8 Å². The van der Waals surface area contributed by atoms with Gasteiger partial charge in [-0.1, -0.05) is 41.9 Å². The van der Waals surface area contributed by atoms with E-state index in [1.807, 2.05) is 18.2 Å². The lowest BCUT2D eigenvalue weighted by Gasteiger charge is -2.13. The number of ether oxygens (including phenoxy) is 1. The Morgan fingerprint density at radius 2 is 1.73 bits per heavy atom. The monoisotopic (exact) mass is 372 g/mol. The average molecular weight is 373 g/mol. The van der Waals surface area contributed by atoms with Crippen LogP contribution < -0.4 is 10.1 Å². The highest BCUT2D eigenvalue weighted by atomic mass is 35.5. The van der Waals surface area contributed by atoms with Crippen LogP contribution in [0, 0.1) is 15.9 Å². The van der Waals surface area contributed by atoms with Crippen molar-refractivity contribution in [2.24, 2.45) is 0 Å². The Morgan fingerprint density at radius 1 is 1.04 bits per heavy atom. The van der Waals surface area contributed by atoms with E-state index in [9.17, 15) is 14.5 Å². The molecule has 26 heavy (non-hydrogen) atoms. The normalized spacial score (nSPS) is 10.4. The van der Waals surface area contributed by atoms with E-state index in [1.54, 1.807) is 24.3 Å². The van der Waals surface area contributed by atoms with Gasteiger partial charge in [-0.15, -0.1) is 0 Å². The fourth-order valence-electron chi connectivity index (χ4n) is 2.35. The molecule has 0 spiro atoms. The van der Waals surface area contributed by atoms with E-state index in [0.29, 0.717) is 11.5 Å². The van der Waals surface area contributed by atoms with Gasteiger partial charge >= 0.3 is 0 Å². The summed E-state index contributed by atoms with van der Waals surface area (Å²) in [7, 11) is 0. The summed E-state index contributed by atoms with van der Waals surface area (Å²) in [6, 6.07) is 17.6. The maximum atomic E-state index is 13.0. The van der Waals surface area contributed by atoms with Gasteiger partial charge < -0.3 is 10.1 Å². The maximum absolute atomic E-state index is 13.0. The van der Waals surface area contributed by atoms with Crippen molar-refractivity contribution in [3.05, 3.63) is 93.2 Å². The molecule has 0 aliphatic heterocycles. The predicted molar refractivity (Wildman–Crippen MR) is 98.3 cm³/mol. The van der Waals surface area contributed by atoms with Gasteiger partial charge in [-0.3, -0.25) is 10.1 Å². The molecule has 1 N–H and O–H groups in total. The summed E-state index contributed by atoms with van der Waals surface area (Å²) >= 11 is 6.35. The molecule has 0 amide bonds. The second-order valence-electron chi connectivity index (χ2n) is 5.42. The molecular weight excluding hydrogens is 359 g/mol. The minimum Gasteiger partial charge on any atom is -0.456 e. The number of nitro benzene ring substituents is 1. The molecule has 0 aliphatic rings. The number of hydrogen-bond acceptors (Lipinski definition) is 4. The van der Waals surface area contributed by atoms with E-state index >= 15 is 0 Å². The fraction of sp³-hybridized carbons (Fsp3) is 0.0526.